The number of hydrogen-bond donors (Lipinski definition) is 0. The van der Waals surface area contributed by atoms with Gasteiger partial charge in [-0.1, -0.05) is 34.0 Å². The first-order chi connectivity index (χ1) is 5.64. The molecule has 0 aromatic carbocycles. The standard InChI is InChI=1S/C11H15Br/c1-7(2)6-10-8-4-3-5-9(10)11(8,10)12/h6,8-9H,3-5H2,1-2H3. The molecule has 12 heavy (non-hydrogen) atoms. The van der Waals surface area contributed by atoms with Gasteiger partial charge in [0.25, 0.3) is 0 Å². The topological polar surface area (TPSA) is 0 Å². The number of allylic oxidation sites excluding steroid dienone is 2. The van der Waals surface area contributed by atoms with E-state index in [-0.39, 0.29) is 0 Å². The molecule has 0 heterocycles. The lowest BCUT2D eigenvalue weighted by molar-refractivity contribution is 0.312. The maximum atomic E-state index is 3.94. The third-order valence-corrected chi connectivity index (χ3v) is 5.97. The van der Waals surface area contributed by atoms with Crippen LogP contribution >= 0.6 is 15.9 Å². The molecule has 0 bridgehead atoms. The third-order valence-electron chi connectivity index (χ3n) is 4.18. The largest absolute Gasteiger partial charge is 0.0837 e. The van der Waals surface area contributed by atoms with Gasteiger partial charge in [0.1, 0.15) is 0 Å². The SMILES string of the molecule is CC(C)=CC12C3CCCC1C32Br. The lowest BCUT2D eigenvalue weighted by atomic mass is 9.82. The van der Waals surface area contributed by atoms with Gasteiger partial charge in [0.2, 0.25) is 0 Å². The first-order valence-corrected chi connectivity index (χ1v) is 5.78. The fourth-order valence-electron chi connectivity index (χ4n) is 3.77. The zero-order valence-electron chi connectivity index (χ0n) is 7.73. The van der Waals surface area contributed by atoms with Crippen molar-refractivity contribution >= 4 is 15.9 Å². The summed E-state index contributed by atoms with van der Waals surface area (Å²) in [5.41, 5.74) is 2.15. The van der Waals surface area contributed by atoms with Crippen LogP contribution < -0.4 is 0 Å². The third kappa shape index (κ3) is 0.537. The number of halogens is 1. The number of alkyl halides is 1. The predicted molar refractivity (Wildman–Crippen MR) is 54.4 cm³/mol. The van der Waals surface area contributed by atoms with Crippen molar-refractivity contribution in [1.82, 2.24) is 0 Å². The highest BCUT2D eigenvalue weighted by molar-refractivity contribution is 9.10. The van der Waals surface area contributed by atoms with E-state index in [0.717, 1.165) is 11.8 Å². The van der Waals surface area contributed by atoms with Gasteiger partial charge in [-0.3, -0.25) is 0 Å². The van der Waals surface area contributed by atoms with E-state index in [0.29, 0.717) is 9.74 Å². The summed E-state index contributed by atoms with van der Waals surface area (Å²) in [6, 6.07) is 0. The number of hydrogen-bond acceptors (Lipinski definition) is 0. The van der Waals surface area contributed by atoms with E-state index in [9.17, 15) is 0 Å². The molecule has 0 spiro atoms. The van der Waals surface area contributed by atoms with Crippen LogP contribution in [0.3, 0.4) is 0 Å². The van der Waals surface area contributed by atoms with E-state index in [2.05, 4.69) is 35.9 Å². The Labute approximate surface area is 82.5 Å². The molecule has 2 unspecified atom stereocenters. The smallest absolute Gasteiger partial charge is 0.0428 e. The summed E-state index contributed by atoms with van der Waals surface area (Å²) in [5.74, 6) is 2.00. The number of fused-ring (bicyclic) bond motifs is 2. The summed E-state index contributed by atoms with van der Waals surface area (Å²) < 4.78 is 0.593. The molecule has 0 radical (unpaired) electrons. The molecule has 3 saturated carbocycles. The minimum atomic E-state index is 0.593. The van der Waals surface area contributed by atoms with Crippen LogP contribution in [0.25, 0.3) is 0 Å². The highest BCUT2D eigenvalue weighted by atomic mass is 79.9. The Morgan fingerprint density at radius 2 is 1.92 bits per heavy atom. The van der Waals surface area contributed by atoms with Crippen molar-refractivity contribution in [2.24, 2.45) is 17.3 Å². The average Bonchev–Trinajstić information content (AvgIpc) is 2.73. The Kier molecular flexibility index (Phi) is 1.17. The van der Waals surface area contributed by atoms with Gasteiger partial charge in [0.05, 0.1) is 0 Å². The lowest BCUT2D eigenvalue weighted by Crippen LogP contribution is -2.18. The Morgan fingerprint density at radius 3 is 2.33 bits per heavy atom. The van der Waals surface area contributed by atoms with E-state index >= 15 is 0 Å². The molecule has 0 N–H and O–H groups in total. The van der Waals surface area contributed by atoms with Crippen LogP contribution in [0.4, 0.5) is 0 Å². The highest BCUT2D eigenvalue weighted by Gasteiger charge is 2.95. The molecule has 3 rings (SSSR count). The average molecular weight is 227 g/mol. The van der Waals surface area contributed by atoms with Crippen molar-refractivity contribution in [2.75, 3.05) is 0 Å². The van der Waals surface area contributed by atoms with Crippen LogP contribution in [0.2, 0.25) is 0 Å². The Hall–Kier alpha value is 0.220. The van der Waals surface area contributed by atoms with Crippen molar-refractivity contribution in [3.8, 4) is 0 Å². The van der Waals surface area contributed by atoms with E-state index < -0.39 is 0 Å². The van der Waals surface area contributed by atoms with Crippen molar-refractivity contribution < 1.29 is 0 Å². The quantitative estimate of drug-likeness (QED) is 0.475. The van der Waals surface area contributed by atoms with Crippen LogP contribution in [-0.2, 0) is 0 Å². The Balaban J connectivity index is 1.94. The molecule has 2 atom stereocenters. The van der Waals surface area contributed by atoms with Crippen LogP contribution in [0.5, 0.6) is 0 Å². The fraction of sp³-hybridized carbons (Fsp3) is 0.818. The molecule has 3 aliphatic rings. The molecule has 66 valence electrons. The van der Waals surface area contributed by atoms with Gasteiger partial charge < -0.3 is 0 Å². The van der Waals surface area contributed by atoms with E-state index in [4.69, 9.17) is 0 Å². The first kappa shape index (κ1) is 7.61. The predicted octanol–water partition coefficient (Wildman–Crippen LogP) is 3.52. The zero-order valence-corrected chi connectivity index (χ0v) is 9.32. The molecule has 0 aromatic heterocycles. The molecule has 0 amide bonds. The summed E-state index contributed by atoms with van der Waals surface area (Å²) in [6.07, 6.45) is 6.94. The summed E-state index contributed by atoms with van der Waals surface area (Å²) in [4.78, 5) is 0. The first-order valence-electron chi connectivity index (χ1n) is 4.99. The molecular weight excluding hydrogens is 212 g/mol. The minimum Gasteiger partial charge on any atom is -0.0837 e. The minimum absolute atomic E-state index is 0.593. The molecule has 3 fully saturated rings. The van der Waals surface area contributed by atoms with Crippen molar-refractivity contribution in [3.63, 3.8) is 0 Å². The molecule has 0 saturated heterocycles. The second-order valence-corrected chi connectivity index (χ2v) is 6.27. The lowest BCUT2D eigenvalue weighted by Gasteiger charge is -2.24. The second kappa shape index (κ2) is 1.84. The van der Waals surface area contributed by atoms with Gasteiger partial charge in [0.15, 0.2) is 0 Å². The zero-order chi connectivity index (χ0) is 8.56. The number of rotatable bonds is 1. The maximum absolute atomic E-state index is 3.94. The van der Waals surface area contributed by atoms with Crippen molar-refractivity contribution in [2.45, 2.75) is 37.4 Å². The summed E-state index contributed by atoms with van der Waals surface area (Å²) in [7, 11) is 0. The monoisotopic (exact) mass is 226 g/mol. The van der Waals surface area contributed by atoms with Crippen LogP contribution in [-0.4, -0.2) is 4.32 Å². The van der Waals surface area contributed by atoms with E-state index in [1.165, 1.54) is 24.8 Å². The van der Waals surface area contributed by atoms with Crippen LogP contribution in [0.15, 0.2) is 11.6 Å². The normalized spacial score (nSPS) is 58.9. The van der Waals surface area contributed by atoms with E-state index in [1.54, 1.807) is 0 Å². The summed E-state index contributed by atoms with van der Waals surface area (Å²) in [6.45, 7) is 4.46. The maximum Gasteiger partial charge on any atom is 0.0428 e. The van der Waals surface area contributed by atoms with Gasteiger partial charge in [-0.2, -0.15) is 0 Å². The van der Waals surface area contributed by atoms with Crippen LogP contribution in [0, 0.1) is 17.3 Å². The van der Waals surface area contributed by atoms with Crippen molar-refractivity contribution in [1.29, 1.82) is 0 Å². The molecule has 3 aliphatic carbocycles. The van der Waals surface area contributed by atoms with Crippen LogP contribution in [0.1, 0.15) is 33.1 Å². The summed E-state index contributed by atoms with van der Waals surface area (Å²) >= 11 is 3.94. The molecule has 0 nitrogen and oxygen atoms in total. The van der Waals surface area contributed by atoms with Gasteiger partial charge in [-0.05, 0) is 38.5 Å². The van der Waals surface area contributed by atoms with Gasteiger partial charge in [0, 0.05) is 9.74 Å². The Morgan fingerprint density at radius 1 is 1.33 bits per heavy atom. The molecular formula is C11H15Br. The highest BCUT2D eigenvalue weighted by Crippen LogP contribution is 2.95. The molecule has 1 heteroatoms. The van der Waals surface area contributed by atoms with Gasteiger partial charge in [-0.25, -0.2) is 0 Å². The van der Waals surface area contributed by atoms with Crippen molar-refractivity contribution in [3.05, 3.63) is 11.6 Å². The second-order valence-electron chi connectivity index (χ2n) is 4.96. The molecule has 0 aliphatic heterocycles. The fourth-order valence-corrected chi connectivity index (χ4v) is 5.43. The van der Waals surface area contributed by atoms with Gasteiger partial charge >= 0.3 is 0 Å². The Bertz CT molecular complexity index is 261. The van der Waals surface area contributed by atoms with E-state index in [1.807, 2.05) is 0 Å². The summed E-state index contributed by atoms with van der Waals surface area (Å²) in [5, 5.41) is 0. The van der Waals surface area contributed by atoms with Gasteiger partial charge in [-0.15, -0.1) is 0 Å². The molecule has 0 aromatic rings.